The summed E-state index contributed by atoms with van der Waals surface area (Å²) < 4.78 is 9.81. The second-order valence-corrected chi connectivity index (χ2v) is 28.8. The zero-order chi connectivity index (χ0) is 91.8. The number of nitrogen functional groups attached to an aromatic ring is 2. The number of nitrogens with one attached hydrogen (secondary N) is 3. The first kappa shape index (κ1) is 99.3. The highest BCUT2D eigenvalue weighted by atomic mass is 35.5. The van der Waals surface area contributed by atoms with E-state index < -0.39 is 21.2 Å². The van der Waals surface area contributed by atoms with Gasteiger partial charge in [0.15, 0.2) is 17.3 Å². The number of nitro groups is 2. The number of anilines is 4. The SMILES string of the molecule is NCc1ccncc1.Nc1ccc(C(=O)Cc2ccc(Cl)cc2)cc1.Nc1ccc(Cl)cc1.O=C(Cc1ccc(C(=O)Cc2ccc(Cl)cc2)cc1)Oc1ccccc1.O=C(Cc1ccc(Cl)cc1)c1ccc([N+](=O)[O-])cc1.O=C(Cl)Oc1ccccc1.O=C(NCc1ccncc1)Nc1ccc(C(=O)Nc2ccc(Cl)cc2)cc1.O=C(O)c1ccc([N+](=O)[O-])cc1. The van der Waals surface area contributed by atoms with Crippen LogP contribution in [-0.2, 0) is 43.6 Å². The number of pyridine rings is 2. The van der Waals surface area contributed by atoms with Crippen molar-refractivity contribution in [3.05, 3.63) is 459 Å². The molecule has 3 amide bonds. The van der Waals surface area contributed by atoms with Gasteiger partial charge in [0.25, 0.3) is 17.3 Å². The van der Waals surface area contributed by atoms with Gasteiger partial charge in [0.2, 0.25) is 0 Å². The molecule has 25 nitrogen and oxygen atoms in total. The standard InChI is InChI=1S/C22H17ClO3.C20H17ClN4O2.C14H10ClNO3.C14H12ClNO.C7H5ClO2.C7H5NO4.C6H6ClN.C6H8N2/c23-19-12-8-16(9-13-19)14-21(24)18-10-6-17(7-11-18)15-22(25)26-20-4-2-1-3-5-20;21-16-3-7-17(8-4-16)24-19(26)15-1-5-18(6-2-15)25-20(27)23-13-14-9-11-22-12-10-14;15-12-5-1-10(2-6-12)9-14(17)11-3-7-13(8-4-11)16(18)19;15-12-5-1-10(2-6-12)9-14(17)11-3-7-13(16)8-4-11;8-7(9)10-6-4-2-1-3-5-6;9-7(10)5-1-3-6(4-2-5)8(11)12;7-5-1-3-6(8)4-2-5;7-5-6-1-3-8-4-2-6/h1-13H,14-15H2;1-12H,13H2,(H,24,26)(H2,23,25,27);1-8H,9H2;1-8H,9,16H2;1-5H;1-4H,(H,9,10);1-4H,8H2;1-4H,5,7H2. The van der Waals surface area contributed by atoms with Gasteiger partial charge in [-0.2, -0.15) is 0 Å². The van der Waals surface area contributed by atoms with Crippen LogP contribution in [0.4, 0.5) is 43.7 Å². The van der Waals surface area contributed by atoms with Crippen LogP contribution in [0.15, 0.2) is 352 Å². The number of nitrogens with two attached hydrogens (primary N) is 3. The normalized spacial score (nSPS) is 9.88. The van der Waals surface area contributed by atoms with E-state index in [9.17, 15) is 58.6 Å². The number of aromatic carboxylic acids is 1. The number of para-hydroxylation sites is 2. The number of amides is 3. The average Bonchev–Trinajstić information content (AvgIpc) is 0.883. The van der Waals surface area contributed by atoms with Crippen molar-refractivity contribution >= 4 is 150 Å². The van der Waals surface area contributed by atoms with Gasteiger partial charge >= 0.3 is 23.4 Å². The van der Waals surface area contributed by atoms with E-state index in [-0.39, 0.29) is 65.0 Å². The van der Waals surface area contributed by atoms with Gasteiger partial charge < -0.3 is 47.7 Å². The molecule has 31 heteroatoms. The van der Waals surface area contributed by atoms with Crippen molar-refractivity contribution in [1.82, 2.24) is 15.3 Å². The molecular weight excluding hydrogens is 1750 g/mol. The van der Waals surface area contributed by atoms with E-state index in [4.69, 9.17) is 96.7 Å². The number of benzene rings is 12. The van der Waals surface area contributed by atoms with Crippen LogP contribution in [0.25, 0.3) is 0 Å². The fourth-order valence-electron chi connectivity index (χ4n) is 10.3. The Kier molecular flexibility index (Phi) is 42.2. The van der Waals surface area contributed by atoms with Crippen molar-refractivity contribution in [1.29, 1.82) is 0 Å². The molecule has 10 N–H and O–H groups in total. The summed E-state index contributed by atoms with van der Waals surface area (Å²) >= 11 is 33.7. The molecule has 0 fully saturated rings. The number of hydrogen-bond acceptors (Lipinski definition) is 19. The summed E-state index contributed by atoms with van der Waals surface area (Å²) in [4.78, 5) is 120. The number of nitro benzene ring substituents is 2. The molecule has 0 aliphatic rings. The molecule has 0 unspecified atom stereocenters. The van der Waals surface area contributed by atoms with E-state index >= 15 is 0 Å². The summed E-state index contributed by atoms with van der Waals surface area (Å²) in [5.41, 5.74) is 25.8. The summed E-state index contributed by atoms with van der Waals surface area (Å²) in [6, 6.07) is 91.1. The number of halogens is 6. The number of ether oxygens (including phenoxy) is 2. The Morgan fingerprint density at radius 3 is 1.02 bits per heavy atom. The average molecular weight is 1830 g/mol. The minimum absolute atomic E-state index is 0.0192. The molecule has 0 saturated carbocycles. The predicted molar refractivity (Wildman–Crippen MR) is 497 cm³/mol. The molecule has 0 bridgehead atoms. The van der Waals surface area contributed by atoms with Gasteiger partial charge in [-0.25, -0.2) is 14.4 Å². The van der Waals surface area contributed by atoms with Crippen molar-refractivity contribution in [3.8, 4) is 11.5 Å². The smallest absolute Gasteiger partial charge is 0.409 e. The Morgan fingerprint density at radius 1 is 0.354 bits per heavy atom. The molecule has 2 heterocycles. The zero-order valence-corrected chi connectivity index (χ0v) is 71.7. The van der Waals surface area contributed by atoms with E-state index in [1.54, 1.807) is 231 Å². The number of nitrogens with zero attached hydrogens (tertiary/aromatic N) is 4. The Hall–Kier alpha value is -14.8. The van der Waals surface area contributed by atoms with Crippen LogP contribution in [0, 0.1) is 20.2 Å². The molecule has 646 valence electrons. The molecule has 0 aliphatic heterocycles. The summed E-state index contributed by atoms with van der Waals surface area (Å²) in [7, 11) is 0. The lowest BCUT2D eigenvalue weighted by Gasteiger charge is -2.09. The number of rotatable bonds is 22. The van der Waals surface area contributed by atoms with Crippen LogP contribution < -0.4 is 42.6 Å². The number of aromatic nitrogens is 2. The van der Waals surface area contributed by atoms with Crippen molar-refractivity contribution < 1.29 is 62.8 Å². The predicted octanol–water partition coefficient (Wildman–Crippen LogP) is 22.4. The number of carboxylic acid groups (broad SMARTS) is 1. The molecule has 0 aliphatic carbocycles. The number of urea groups is 1. The lowest BCUT2D eigenvalue weighted by atomic mass is 10.0. The van der Waals surface area contributed by atoms with Crippen LogP contribution in [0.2, 0.25) is 25.1 Å². The molecular formula is C96H80Cl6N10O15. The van der Waals surface area contributed by atoms with Crippen molar-refractivity contribution in [2.75, 3.05) is 22.1 Å². The van der Waals surface area contributed by atoms with Gasteiger partial charge in [-0.3, -0.25) is 54.2 Å². The second kappa shape index (κ2) is 54.0. The third-order valence-electron chi connectivity index (χ3n) is 16.9. The zero-order valence-electron chi connectivity index (χ0n) is 67.2. The largest absolute Gasteiger partial charge is 0.478 e. The number of Topliss-reactive ketones (excluding diaryl/α,β-unsaturated/α-hetero) is 3. The third kappa shape index (κ3) is 39.1. The van der Waals surface area contributed by atoms with Crippen LogP contribution in [0.1, 0.15) is 85.2 Å². The van der Waals surface area contributed by atoms with Crippen LogP contribution in [0.5, 0.6) is 11.5 Å². The first-order chi connectivity index (χ1) is 61.0. The van der Waals surface area contributed by atoms with Gasteiger partial charge in [0, 0.05) is 163 Å². The van der Waals surface area contributed by atoms with E-state index in [0.29, 0.717) is 96.8 Å². The number of non-ortho nitro benzene ring substituents is 2. The maximum Gasteiger partial charge on any atom is 0.409 e. The number of carboxylic acids is 1. The van der Waals surface area contributed by atoms with Gasteiger partial charge in [-0.15, -0.1) is 0 Å². The monoisotopic (exact) mass is 1820 g/mol. The van der Waals surface area contributed by atoms with Gasteiger partial charge in [0.1, 0.15) is 11.5 Å². The maximum absolute atomic E-state index is 12.3. The summed E-state index contributed by atoms with van der Waals surface area (Å²) in [5, 5.41) is 40.6. The first-order valence-corrected chi connectivity index (χ1v) is 40.2. The summed E-state index contributed by atoms with van der Waals surface area (Å²) in [5.74, 6) is -0.683. The van der Waals surface area contributed by atoms with Crippen molar-refractivity contribution in [2.24, 2.45) is 5.73 Å². The molecule has 14 aromatic rings. The third-order valence-corrected chi connectivity index (χ3v) is 18.2. The summed E-state index contributed by atoms with van der Waals surface area (Å²) in [6.45, 7) is 0.998. The van der Waals surface area contributed by atoms with E-state index in [1.807, 2.05) is 72.8 Å². The number of carbonyl (C=O) groups is 8. The first-order valence-electron chi connectivity index (χ1n) is 37.9. The topological polar surface area (TPSA) is 401 Å². The molecule has 14 rings (SSSR count). The highest BCUT2D eigenvalue weighted by Crippen LogP contribution is 2.22. The molecule has 0 radical (unpaired) electrons. The number of ketones is 3. The Labute approximate surface area is 760 Å². The van der Waals surface area contributed by atoms with Gasteiger partial charge in [-0.1, -0.05) is 155 Å². The maximum atomic E-state index is 12.3. The van der Waals surface area contributed by atoms with Gasteiger partial charge in [0.05, 0.1) is 21.8 Å². The summed E-state index contributed by atoms with van der Waals surface area (Å²) in [6.07, 6.45) is 7.90. The molecule has 2 aromatic heterocycles. The van der Waals surface area contributed by atoms with Gasteiger partial charge in [-0.05, 0) is 240 Å². The Bertz CT molecular complexity index is 5790. The molecule has 0 spiro atoms. The highest BCUT2D eigenvalue weighted by Gasteiger charge is 2.15. The fraction of sp³-hybridized carbons (Fsp3) is 0.0625. The van der Waals surface area contributed by atoms with Crippen molar-refractivity contribution in [2.45, 2.75) is 38.8 Å². The lowest BCUT2D eigenvalue weighted by molar-refractivity contribution is -0.385. The lowest BCUT2D eigenvalue weighted by Crippen LogP contribution is -2.28. The highest BCUT2D eigenvalue weighted by molar-refractivity contribution is 6.61. The Balaban J connectivity index is 0.000000206. The van der Waals surface area contributed by atoms with E-state index in [1.165, 1.54) is 36.4 Å². The van der Waals surface area contributed by atoms with E-state index in [0.717, 1.165) is 56.2 Å². The van der Waals surface area contributed by atoms with Crippen molar-refractivity contribution in [3.63, 3.8) is 0 Å². The molecule has 0 atom stereocenters. The Morgan fingerprint density at radius 2 is 0.661 bits per heavy atom. The van der Waals surface area contributed by atoms with Crippen LogP contribution in [-0.4, -0.2) is 71.6 Å². The minimum atomic E-state index is -1.09. The van der Waals surface area contributed by atoms with E-state index in [2.05, 4.69) is 30.7 Å². The second-order valence-electron chi connectivity index (χ2n) is 26.3. The molecule has 12 aromatic carbocycles. The number of esters is 1. The van der Waals surface area contributed by atoms with Crippen LogP contribution >= 0.6 is 69.6 Å². The molecule has 0 saturated heterocycles. The van der Waals surface area contributed by atoms with Crippen LogP contribution in [0.3, 0.4) is 0 Å². The molecule has 127 heavy (non-hydrogen) atoms. The fourth-order valence-corrected chi connectivity index (χ4v) is 11.0. The number of hydrogen-bond donors (Lipinski definition) is 7. The number of carbonyl (C=O) groups excluding carboxylic acids is 7. The quantitative estimate of drug-likeness (QED) is 0.00630. The minimum Gasteiger partial charge on any atom is -0.478 e.